The number of aromatic nitrogens is 2. The maximum absolute atomic E-state index is 12.6. The van der Waals surface area contributed by atoms with Crippen molar-refractivity contribution in [2.45, 2.75) is 31.4 Å². The van der Waals surface area contributed by atoms with Crippen LogP contribution in [0.4, 0.5) is 13.2 Å². The Labute approximate surface area is 141 Å². The van der Waals surface area contributed by atoms with Crippen molar-refractivity contribution in [3.63, 3.8) is 0 Å². The molecule has 0 aliphatic heterocycles. The number of hydrogen-bond acceptors (Lipinski definition) is 6. The van der Waals surface area contributed by atoms with Crippen LogP contribution in [0.5, 0.6) is 11.6 Å². The molecule has 0 radical (unpaired) electrons. The second kappa shape index (κ2) is 6.51. The molecule has 0 spiro atoms. The van der Waals surface area contributed by atoms with Gasteiger partial charge in [-0.05, 0) is 31.4 Å². The lowest BCUT2D eigenvalue weighted by Gasteiger charge is -2.14. The van der Waals surface area contributed by atoms with E-state index in [0.29, 0.717) is 36.2 Å². The highest BCUT2D eigenvalue weighted by Gasteiger charge is 2.49. The third-order valence-corrected chi connectivity index (χ3v) is 4.53. The number of aryl methyl sites for hydroxylation is 1. The molecule has 134 valence electrons. The van der Waals surface area contributed by atoms with E-state index in [0.717, 1.165) is 6.07 Å². The molecule has 0 unspecified atom stereocenters. The zero-order chi connectivity index (χ0) is 18.1. The predicted octanol–water partition coefficient (Wildman–Crippen LogP) is 2.77. The van der Waals surface area contributed by atoms with Crippen molar-refractivity contribution in [1.82, 2.24) is 9.97 Å². The molecule has 2 heterocycles. The summed E-state index contributed by atoms with van der Waals surface area (Å²) in [5, 5.41) is 0. The van der Waals surface area contributed by atoms with Crippen molar-refractivity contribution in [3.05, 3.63) is 47.4 Å². The highest BCUT2D eigenvalue weighted by molar-refractivity contribution is 7.88. The first-order valence-corrected chi connectivity index (χ1v) is 8.73. The Balaban J connectivity index is 1.87. The van der Waals surface area contributed by atoms with Crippen LogP contribution in [0.25, 0.3) is 0 Å². The Bertz CT molecular complexity index is 870. The molecule has 2 aromatic heterocycles. The van der Waals surface area contributed by atoms with E-state index in [9.17, 15) is 21.6 Å². The Morgan fingerprint density at radius 2 is 2.00 bits per heavy atom. The normalized spacial score (nSPS) is 14.2. The van der Waals surface area contributed by atoms with Gasteiger partial charge in [-0.15, -0.1) is 0 Å². The molecular weight excluding hydrogens is 361 g/mol. The van der Waals surface area contributed by atoms with Crippen LogP contribution in [0.15, 0.2) is 30.5 Å². The highest BCUT2D eigenvalue weighted by atomic mass is 32.2. The van der Waals surface area contributed by atoms with Gasteiger partial charge in [-0.25, -0.2) is 4.98 Å². The van der Waals surface area contributed by atoms with Gasteiger partial charge in [0.05, 0.1) is 11.4 Å². The van der Waals surface area contributed by atoms with E-state index in [4.69, 9.17) is 4.74 Å². The van der Waals surface area contributed by atoms with Crippen LogP contribution in [-0.2, 0) is 29.6 Å². The summed E-state index contributed by atoms with van der Waals surface area (Å²) >= 11 is 0. The van der Waals surface area contributed by atoms with Gasteiger partial charge in [-0.2, -0.15) is 21.6 Å². The molecule has 0 aromatic carbocycles. The third-order valence-electron chi connectivity index (χ3n) is 3.56. The molecule has 0 saturated carbocycles. The van der Waals surface area contributed by atoms with Crippen LogP contribution >= 0.6 is 0 Å². The second-order valence-electron chi connectivity index (χ2n) is 5.33. The quantitative estimate of drug-likeness (QED) is 0.592. The standard InChI is InChI=1S/C15H13F3N2O4S/c16-15(17,18)25(21,22)24-13-8-14(20-12-6-3-5-11(12)13)23-9-10-4-1-2-7-19-10/h1-2,4,7-8H,3,5-6,9H2. The first-order chi connectivity index (χ1) is 11.8. The van der Waals surface area contributed by atoms with Gasteiger partial charge in [0.25, 0.3) is 0 Å². The largest absolute Gasteiger partial charge is 0.534 e. The zero-order valence-corrected chi connectivity index (χ0v) is 13.6. The van der Waals surface area contributed by atoms with Crippen LogP contribution in [0, 0.1) is 0 Å². The summed E-state index contributed by atoms with van der Waals surface area (Å²) in [4.78, 5) is 8.27. The molecule has 25 heavy (non-hydrogen) atoms. The SMILES string of the molecule is O=S(=O)(Oc1cc(OCc2ccccn2)nc2c1CCC2)C(F)(F)F. The first kappa shape index (κ1) is 17.5. The van der Waals surface area contributed by atoms with Crippen molar-refractivity contribution in [3.8, 4) is 11.6 Å². The topological polar surface area (TPSA) is 78.4 Å². The summed E-state index contributed by atoms with van der Waals surface area (Å²) in [6, 6.07) is 6.26. The molecule has 0 bridgehead atoms. The van der Waals surface area contributed by atoms with Gasteiger partial charge in [0.15, 0.2) is 5.75 Å². The second-order valence-corrected chi connectivity index (χ2v) is 6.87. The third kappa shape index (κ3) is 3.84. The molecule has 6 nitrogen and oxygen atoms in total. The fourth-order valence-electron chi connectivity index (χ4n) is 2.43. The molecule has 0 N–H and O–H groups in total. The molecule has 1 aliphatic carbocycles. The minimum Gasteiger partial charge on any atom is -0.471 e. The maximum atomic E-state index is 12.6. The fourth-order valence-corrected chi connectivity index (χ4v) is 2.91. The van der Waals surface area contributed by atoms with E-state index < -0.39 is 21.4 Å². The molecule has 0 atom stereocenters. The lowest BCUT2D eigenvalue weighted by Crippen LogP contribution is -2.28. The van der Waals surface area contributed by atoms with Crippen LogP contribution in [0.2, 0.25) is 0 Å². The monoisotopic (exact) mass is 374 g/mol. The van der Waals surface area contributed by atoms with Gasteiger partial charge in [0.1, 0.15) is 6.61 Å². The zero-order valence-electron chi connectivity index (χ0n) is 12.8. The first-order valence-electron chi connectivity index (χ1n) is 7.32. The molecule has 0 fully saturated rings. The summed E-state index contributed by atoms with van der Waals surface area (Å²) in [6.45, 7) is 0.0398. The highest BCUT2D eigenvalue weighted by Crippen LogP contribution is 2.36. The number of hydrogen-bond donors (Lipinski definition) is 0. The number of halogens is 3. The van der Waals surface area contributed by atoms with E-state index >= 15 is 0 Å². The van der Waals surface area contributed by atoms with Crippen LogP contribution in [0.3, 0.4) is 0 Å². The number of alkyl halides is 3. The Morgan fingerprint density at radius 1 is 1.20 bits per heavy atom. The van der Waals surface area contributed by atoms with Crippen molar-refractivity contribution in [2.24, 2.45) is 0 Å². The molecule has 10 heteroatoms. The summed E-state index contributed by atoms with van der Waals surface area (Å²) in [6.07, 6.45) is 3.12. The van der Waals surface area contributed by atoms with Crippen molar-refractivity contribution in [1.29, 1.82) is 0 Å². The van der Waals surface area contributed by atoms with E-state index in [1.165, 1.54) is 0 Å². The summed E-state index contributed by atoms with van der Waals surface area (Å²) in [5.41, 5.74) is -4.07. The molecule has 0 amide bonds. The average Bonchev–Trinajstić information content (AvgIpc) is 3.01. The van der Waals surface area contributed by atoms with E-state index in [-0.39, 0.29) is 12.5 Å². The summed E-state index contributed by atoms with van der Waals surface area (Å²) < 4.78 is 70.0. The van der Waals surface area contributed by atoms with E-state index in [1.807, 2.05) is 0 Å². The number of ether oxygens (including phenoxy) is 1. The number of pyridine rings is 2. The number of rotatable bonds is 5. The van der Waals surface area contributed by atoms with Gasteiger partial charge in [-0.1, -0.05) is 6.07 Å². The smallest absolute Gasteiger partial charge is 0.471 e. The Kier molecular flexibility index (Phi) is 4.55. The van der Waals surface area contributed by atoms with Crippen LogP contribution in [0.1, 0.15) is 23.4 Å². The lowest BCUT2D eigenvalue weighted by atomic mass is 10.2. The molecular formula is C15H13F3N2O4S. The van der Waals surface area contributed by atoms with Gasteiger partial charge in [0.2, 0.25) is 5.88 Å². The lowest BCUT2D eigenvalue weighted by molar-refractivity contribution is -0.0500. The maximum Gasteiger partial charge on any atom is 0.534 e. The van der Waals surface area contributed by atoms with Gasteiger partial charge >= 0.3 is 15.6 Å². The molecule has 2 aromatic rings. The Hall–Kier alpha value is -2.36. The summed E-state index contributed by atoms with van der Waals surface area (Å²) in [5.74, 6) is -0.408. The van der Waals surface area contributed by atoms with Crippen LogP contribution in [-0.4, -0.2) is 23.9 Å². The Morgan fingerprint density at radius 3 is 2.68 bits per heavy atom. The fraction of sp³-hybridized carbons (Fsp3) is 0.333. The van der Waals surface area contributed by atoms with Crippen molar-refractivity contribution < 1.29 is 30.5 Å². The predicted molar refractivity (Wildman–Crippen MR) is 80.4 cm³/mol. The van der Waals surface area contributed by atoms with E-state index in [2.05, 4.69) is 14.2 Å². The van der Waals surface area contributed by atoms with Crippen molar-refractivity contribution >= 4 is 10.1 Å². The minimum absolute atomic E-state index is 0.0151. The summed E-state index contributed by atoms with van der Waals surface area (Å²) in [7, 11) is -5.75. The van der Waals surface area contributed by atoms with Gasteiger partial charge < -0.3 is 8.92 Å². The minimum atomic E-state index is -5.75. The molecule has 1 aliphatic rings. The molecule has 3 rings (SSSR count). The van der Waals surface area contributed by atoms with Crippen LogP contribution < -0.4 is 8.92 Å². The van der Waals surface area contributed by atoms with E-state index in [1.54, 1.807) is 24.4 Å². The average molecular weight is 374 g/mol. The number of fused-ring (bicyclic) bond motifs is 1. The molecule has 0 saturated heterocycles. The number of nitrogens with zero attached hydrogens (tertiary/aromatic N) is 2. The van der Waals surface area contributed by atoms with Gasteiger partial charge in [-0.3, -0.25) is 4.98 Å². The van der Waals surface area contributed by atoms with Gasteiger partial charge in [0, 0.05) is 17.8 Å². The van der Waals surface area contributed by atoms with Crippen molar-refractivity contribution in [2.75, 3.05) is 0 Å².